The van der Waals surface area contributed by atoms with Crippen molar-refractivity contribution in [1.82, 2.24) is 10.2 Å². The van der Waals surface area contributed by atoms with Gasteiger partial charge in [0, 0.05) is 24.9 Å². The molecule has 2 amide bonds. The first-order valence-electron chi connectivity index (χ1n) is 11.7. The molecule has 1 heterocycles. The third-order valence-corrected chi connectivity index (χ3v) is 6.71. The van der Waals surface area contributed by atoms with Gasteiger partial charge in [0.05, 0.1) is 6.10 Å². The standard InChI is InChI=1S/C26H30N2O6/c1-16-14-17(29)12-13-28(16)25(32)23(10-11-24(30)31)27-26(33)34-15-22-20-8-4-2-6-18(20)19-7-3-5-9-21(19)22/h2-9,16-17,22-23,29H,10-15H2,1H3,(H,27,33)(H,30,31)/t16-,17-,23?/m1/s1. The highest BCUT2D eigenvalue weighted by Gasteiger charge is 2.34. The first-order chi connectivity index (χ1) is 16.3. The Morgan fingerprint density at radius 3 is 2.29 bits per heavy atom. The number of nitrogens with one attached hydrogen (secondary N) is 1. The van der Waals surface area contributed by atoms with Crippen LogP contribution in [0.3, 0.4) is 0 Å². The molecule has 3 atom stereocenters. The second kappa shape index (κ2) is 10.3. The third kappa shape index (κ3) is 5.07. The third-order valence-electron chi connectivity index (χ3n) is 6.71. The van der Waals surface area contributed by atoms with E-state index in [0.29, 0.717) is 19.4 Å². The number of fused-ring (bicyclic) bond motifs is 3. The molecule has 2 aromatic rings. The molecule has 8 heteroatoms. The lowest BCUT2D eigenvalue weighted by Gasteiger charge is -2.37. The molecule has 2 aliphatic rings. The molecule has 34 heavy (non-hydrogen) atoms. The van der Waals surface area contributed by atoms with E-state index in [1.165, 1.54) is 0 Å². The average molecular weight is 467 g/mol. The number of benzene rings is 2. The number of aliphatic hydroxyl groups excluding tert-OH is 1. The second-order valence-corrected chi connectivity index (χ2v) is 9.01. The van der Waals surface area contributed by atoms with Gasteiger partial charge in [-0.3, -0.25) is 9.59 Å². The lowest BCUT2D eigenvalue weighted by molar-refractivity contribution is -0.139. The van der Waals surface area contributed by atoms with Crippen molar-refractivity contribution >= 4 is 18.0 Å². The molecule has 1 fully saturated rings. The summed E-state index contributed by atoms with van der Waals surface area (Å²) in [5.41, 5.74) is 4.39. The monoisotopic (exact) mass is 466 g/mol. The number of carbonyl (C=O) groups excluding carboxylic acids is 2. The highest BCUT2D eigenvalue weighted by Crippen LogP contribution is 2.44. The van der Waals surface area contributed by atoms with Gasteiger partial charge in [0.25, 0.3) is 0 Å². The SMILES string of the molecule is C[C@@H]1C[C@H](O)CCN1C(=O)C(CCC(=O)O)NC(=O)OCC1c2ccccc2-c2ccccc21. The Labute approximate surface area is 198 Å². The van der Waals surface area contributed by atoms with E-state index < -0.39 is 24.2 Å². The fourth-order valence-corrected chi connectivity index (χ4v) is 4.98. The number of alkyl carbamates (subject to hydrolysis) is 1. The van der Waals surface area contributed by atoms with E-state index in [0.717, 1.165) is 22.3 Å². The maximum Gasteiger partial charge on any atom is 0.407 e. The molecule has 0 bridgehead atoms. The minimum atomic E-state index is -1.05. The van der Waals surface area contributed by atoms with Crippen molar-refractivity contribution in [3.05, 3.63) is 59.7 Å². The van der Waals surface area contributed by atoms with E-state index in [-0.39, 0.29) is 37.3 Å². The Bertz CT molecular complexity index is 1030. The number of aliphatic hydroxyl groups is 1. The number of nitrogens with zero attached hydrogens (tertiary/aromatic N) is 1. The summed E-state index contributed by atoms with van der Waals surface area (Å²) in [6.45, 7) is 2.30. The summed E-state index contributed by atoms with van der Waals surface area (Å²) in [6, 6.07) is 14.8. The molecule has 8 nitrogen and oxygen atoms in total. The van der Waals surface area contributed by atoms with Crippen molar-refractivity contribution in [2.75, 3.05) is 13.2 Å². The van der Waals surface area contributed by atoms with Crippen LogP contribution in [0.25, 0.3) is 11.1 Å². The zero-order valence-corrected chi connectivity index (χ0v) is 19.1. The molecular formula is C26H30N2O6. The summed E-state index contributed by atoms with van der Waals surface area (Å²) in [6.07, 6.45) is -0.619. The molecule has 2 aromatic carbocycles. The zero-order valence-electron chi connectivity index (χ0n) is 19.1. The number of carboxylic acid groups (broad SMARTS) is 1. The fraction of sp³-hybridized carbons (Fsp3) is 0.423. The van der Waals surface area contributed by atoms with Gasteiger partial charge in [-0.25, -0.2) is 4.79 Å². The molecule has 0 spiro atoms. The lowest BCUT2D eigenvalue weighted by Crippen LogP contribution is -2.54. The van der Waals surface area contributed by atoms with Crippen molar-refractivity contribution in [2.24, 2.45) is 0 Å². The smallest absolute Gasteiger partial charge is 0.407 e. The van der Waals surface area contributed by atoms with Gasteiger partial charge >= 0.3 is 12.1 Å². The van der Waals surface area contributed by atoms with Crippen LogP contribution in [0.15, 0.2) is 48.5 Å². The molecule has 0 aromatic heterocycles. The van der Waals surface area contributed by atoms with Crippen LogP contribution >= 0.6 is 0 Å². The first kappa shape index (κ1) is 23.8. The topological polar surface area (TPSA) is 116 Å². The average Bonchev–Trinajstić information content (AvgIpc) is 3.13. The molecular weight excluding hydrogens is 436 g/mol. The summed E-state index contributed by atoms with van der Waals surface area (Å²) in [7, 11) is 0. The van der Waals surface area contributed by atoms with Crippen molar-refractivity contribution in [2.45, 2.75) is 56.7 Å². The van der Waals surface area contributed by atoms with E-state index in [4.69, 9.17) is 9.84 Å². The van der Waals surface area contributed by atoms with Gasteiger partial charge in [0.2, 0.25) is 5.91 Å². The van der Waals surface area contributed by atoms with Crippen LogP contribution in [0.2, 0.25) is 0 Å². The van der Waals surface area contributed by atoms with E-state index in [1.807, 2.05) is 55.5 Å². The predicted molar refractivity (Wildman–Crippen MR) is 125 cm³/mol. The maximum atomic E-state index is 13.1. The number of carboxylic acids is 1. The Morgan fingerprint density at radius 1 is 1.09 bits per heavy atom. The van der Waals surface area contributed by atoms with Crippen LogP contribution in [0.5, 0.6) is 0 Å². The lowest BCUT2D eigenvalue weighted by atomic mass is 9.98. The molecule has 0 radical (unpaired) electrons. The number of likely N-dealkylation sites (tertiary alicyclic amines) is 1. The summed E-state index contributed by atoms with van der Waals surface area (Å²) < 4.78 is 5.55. The second-order valence-electron chi connectivity index (χ2n) is 9.01. The Morgan fingerprint density at radius 2 is 1.71 bits per heavy atom. The Hall–Kier alpha value is -3.39. The quantitative estimate of drug-likeness (QED) is 0.577. The van der Waals surface area contributed by atoms with Crippen LogP contribution < -0.4 is 5.32 Å². The van der Waals surface area contributed by atoms with Crippen LogP contribution in [-0.2, 0) is 14.3 Å². The number of amides is 2. The highest BCUT2D eigenvalue weighted by molar-refractivity contribution is 5.86. The summed E-state index contributed by atoms with van der Waals surface area (Å²) in [4.78, 5) is 38.6. The zero-order chi connectivity index (χ0) is 24.2. The predicted octanol–water partition coefficient (Wildman–Crippen LogP) is 3.13. The van der Waals surface area contributed by atoms with Crippen molar-refractivity contribution < 1.29 is 29.3 Å². The molecule has 1 saturated heterocycles. The largest absolute Gasteiger partial charge is 0.481 e. The minimum absolute atomic E-state index is 0.0376. The number of hydrogen-bond donors (Lipinski definition) is 3. The van der Waals surface area contributed by atoms with Crippen LogP contribution in [0, 0.1) is 0 Å². The van der Waals surface area contributed by atoms with Gasteiger partial charge in [-0.1, -0.05) is 48.5 Å². The van der Waals surface area contributed by atoms with Crippen molar-refractivity contribution in [1.29, 1.82) is 0 Å². The summed E-state index contributed by atoms with van der Waals surface area (Å²) >= 11 is 0. The van der Waals surface area contributed by atoms with Gasteiger partial charge in [-0.15, -0.1) is 0 Å². The van der Waals surface area contributed by atoms with Gasteiger partial charge in [0.1, 0.15) is 12.6 Å². The van der Waals surface area contributed by atoms with E-state index in [2.05, 4.69) is 5.32 Å². The van der Waals surface area contributed by atoms with Crippen molar-refractivity contribution in [3.63, 3.8) is 0 Å². The van der Waals surface area contributed by atoms with Crippen LogP contribution in [-0.4, -0.2) is 64.4 Å². The highest BCUT2D eigenvalue weighted by atomic mass is 16.5. The summed E-state index contributed by atoms with van der Waals surface area (Å²) in [5.74, 6) is -1.52. The van der Waals surface area contributed by atoms with Crippen LogP contribution in [0.1, 0.15) is 49.7 Å². The van der Waals surface area contributed by atoms with E-state index in [9.17, 15) is 19.5 Å². The molecule has 1 aliphatic heterocycles. The number of carbonyl (C=O) groups is 3. The van der Waals surface area contributed by atoms with Gasteiger partial charge in [-0.05, 0) is 48.4 Å². The summed E-state index contributed by atoms with van der Waals surface area (Å²) in [5, 5.41) is 21.5. The molecule has 0 saturated carbocycles. The van der Waals surface area contributed by atoms with Crippen molar-refractivity contribution in [3.8, 4) is 11.1 Å². The van der Waals surface area contributed by atoms with Crippen LogP contribution in [0.4, 0.5) is 4.79 Å². The Kier molecular flexibility index (Phi) is 7.17. The number of rotatable bonds is 7. The normalized spacial score (nSPS) is 20.2. The van der Waals surface area contributed by atoms with E-state index >= 15 is 0 Å². The minimum Gasteiger partial charge on any atom is -0.481 e. The number of piperidine rings is 1. The maximum absolute atomic E-state index is 13.1. The number of hydrogen-bond acceptors (Lipinski definition) is 5. The van der Waals surface area contributed by atoms with Gasteiger partial charge in [-0.2, -0.15) is 0 Å². The molecule has 180 valence electrons. The molecule has 4 rings (SSSR count). The first-order valence-corrected chi connectivity index (χ1v) is 11.7. The van der Waals surface area contributed by atoms with E-state index in [1.54, 1.807) is 4.90 Å². The molecule has 1 unspecified atom stereocenters. The molecule has 3 N–H and O–H groups in total. The van der Waals surface area contributed by atoms with Gasteiger partial charge in [0.15, 0.2) is 0 Å². The Balaban J connectivity index is 1.43. The molecule has 1 aliphatic carbocycles. The number of ether oxygens (including phenoxy) is 1. The number of aliphatic carboxylic acids is 1. The fourth-order valence-electron chi connectivity index (χ4n) is 4.98. The van der Waals surface area contributed by atoms with Gasteiger partial charge < -0.3 is 25.2 Å².